The Balaban J connectivity index is 4.51. The van der Waals surface area contributed by atoms with E-state index in [4.69, 9.17) is 10.6 Å². The molecule has 0 saturated carbocycles. The number of aliphatic hydroxyl groups excluding tert-OH is 4. The Kier molecular flexibility index (Phi) is 8.84. The SMILES string of the molecule is CC(=O)N[C@@H](C[C@H](O)[C@H](O)CN=[N+]=[N-])C(O)CCO. The number of amides is 1. The Bertz CT molecular complexity index is 321. The van der Waals surface area contributed by atoms with Crippen molar-refractivity contribution in [3.8, 4) is 0 Å². The molecule has 0 aromatic rings. The average molecular weight is 276 g/mol. The number of carbonyl (C=O) groups excluding carboxylic acids is 1. The van der Waals surface area contributed by atoms with E-state index in [-0.39, 0.29) is 26.0 Å². The Morgan fingerprint density at radius 1 is 1.32 bits per heavy atom. The zero-order chi connectivity index (χ0) is 14.8. The van der Waals surface area contributed by atoms with E-state index >= 15 is 0 Å². The molecule has 0 spiro atoms. The van der Waals surface area contributed by atoms with E-state index in [0.29, 0.717) is 0 Å². The molecule has 0 bridgehead atoms. The van der Waals surface area contributed by atoms with Crippen LogP contribution in [0.4, 0.5) is 0 Å². The third kappa shape index (κ3) is 7.60. The molecule has 5 N–H and O–H groups in total. The van der Waals surface area contributed by atoms with Gasteiger partial charge in [0.1, 0.15) is 0 Å². The van der Waals surface area contributed by atoms with Gasteiger partial charge in [0.2, 0.25) is 5.91 Å². The van der Waals surface area contributed by atoms with Gasteiger partial charge in [-0.15, -0.1) is 0 Å². The molecule has 0 aromatic heterocycles. The van der Waals surface area contributed by atoms with E-state index in [1.807, 2.05) is 0 Å². The van der Waals surface area contributed by atoms with E-state index in [1.54, 1.807) is 0 Å². The van der Waals surface area contributed by atoms with Gasteiger partial charge in [-0.1, -0.05) is 5.11 Å². The normalized spacial score (nSPS) is 16.9. The third-order valence-corrected chi connectivity index (χ3v) is 2.55. The lowest BCUT2D eigenvalue weighted by Gasteiger charge is -2.27. The topological polar surface area (TPSA) is 159 Å². The Hall–Kier alpha value is -1.38. The largest absolute Gasteiger partial charge is 0.396 e. The number of hydrogen-bond donors (Lipinski definition) is 5. The van der Waals surface area contributed by atoms with E-state index in [2.05, 4.69) is 15.3 Å². The minimum absolute atomic E-state index is 0.0319. The molecule has 1 unspecified atom stereocenters. The van der Waals surface area contributed by atoms with Gasteiger partial charge >= 0.3 is 0 Å². The Morgan fingerprint density at radius 2 is 1.95 bits per heavy atom. The monoisotopic (exact) mass is 276 g/mol. The minimum atomic E-state index is -1.28. The first-order chi connectivity index (χ1) is 8.92. The lowest BCUT2D eigenvalue weighted by atomic mass is 9.98. The molecule has 0 fully saturated rings. The zero-order valence-corrected chi connectivity index (χ0v) is 10.7. The van der Waals surface area contributed by atoms with Crippen molar-refractivity contribution in [1.82, 2.24) is 5.32 Å². The second-order valence-electron chi connectivity index (χ2n) is 4.17. The van der Waals surface area contributed by atoms with Gasteiger partial charge in [-0.2, -0.15) is 0 Å². The average Bonchev–Trinajstić information content (AvgIpc) is 2.34. The summed E-state index contributed by atoms with van der Waals surface area (Å²) in [6.07, 6.45) is -3.69. The third-order valence-electron chi connectivity index (χ3n) is 2.55. The molecule has 0 saturated heterocycles. The van der Waals surface area contributed by atoms with Gasteiger partial charge < -0.3 is 25.7 Å². The van der Waals surface area contributed by atoms with Crippen molar-refractivity contribution in [2.24, 2.45) is 5.11 Å². The van der Waals surface area contributed by atoms with Crippen molar-refractivity contribution in [3.63, 3.8) is 0 Å². The summed E-state index contributed by atoms with van der Waals surface area (Å²) in [5.41, 5.74) is 8.10. The van der Waals surface area contributed by atoms with Crippen LogP contribution in [-0.4, -0.2) is 63.8 Å². The molecule has 0 radical (unpaired) electrons. The number of nitrogens with zero attached hydrogens (tertiary/aromatic N) is 3. The molecule has 0 aliphatic rings. The van der Waals surface area contributed by atoms with Crippen LogP contribution in [-0.2, 0) is 4.79 Å². The van der Waals surface area contributed by atoms with Crippen molar-refractivity contribution < 1.29 is 25.2 Å². The fraction of sp³-hybridized carbons (Fsp3) is 0.900. The molecular weight excluding hydrogens is 256 g/mol. The molecule has 0 aliphatic carbocycles. The summed E-state index contributed by atoms with van der Waals surface area (Å²) in [7, 11) is 0. The molecule has 0 aliphatic heterocycles. The highest BCUT2D eigenvalue weighted by molar-refractivity contribution is 5.73. The van der Waals surface area contributed by atoms with E-state index in [0.717, 1.165) is 0 Å². The fourth-order valence-corrected chi connectivity index (χ4v) is 1.57. The molecular formula is C10H20N4O5. The Labute approximate surface area is 110 Å². The first kappa shape index (κ1) is 17.6. The predicted molar refractivity (Wildman–Crippen MR) is 66.0 cm³/mol. The zero-order valence-electron chi connectivity index (χ0n) is 10.7. The molecule has 0 heterocycles. The van der Waals surface area contributed by atoms with E-state index in [9.17, 15) is 20.1 Å². The van der Waals surface area contributed by atoms with Crippen LogP contribution in [0, 0.1) is 0 Å². The van der Waals surface area contributed by atoms with Crippen LogP contribution in [0.1, 0.15) is 19.8 Å². The van der Waals surface area contributed by atoms with Crippen LogP contribution in [0.5, 0.6) is 0 Å². The van der Waals surface area contributed by atoms with Crippen molar-refractivity contribution in [2.75, 3.05) is 13.2 Å². The number of hydrogen-bond acceptors (Lipinski definition) is 6. The summed E-state index contributed by atoms with van der Waals surface area (Å²) in [5, 5.41) is 43.2. The van der Waals surface area contributed by atoms with Gasteiger partial charge in [0.05, 0.1) is 30.9 Å². The lowest BCUT2D eigenvalue weighted by Crippen LogP contribution is -2.47. The van der Waals surface area contributed by atoms with Crippen LogP contribution in [0.15, 0.2) is 5.11 Å². The molecule has 9 heteroatoms. The van der Waals surface area contributed by atoms with Crippen LogP contribution in [0.3, 0.4) is 0 Å². The van der Waals surface area contributed by atoms with Crippen molar-refractivity contribution in [1.29, 1.82) is 0 Å². The summed E-state index contributed by atoms with van der Waals surface area (Å²) >= 11 is 0. The van der Waals surface area contributed by atoms with E-state index in [1.165, 1.54) is 6.92 Å². The molecule has 19 heavy (non-hydrogen) atoms. The minimum Gasteiger partial charge on any atom is -0.396 e. The van der Waals surface area contributed by atoms with Crippen LogP contribution in [0.25, 0.3) is 10.4 Å². The smallest absolute Gasteiger partial charge is 0.217 e. The number of nitrogens with one attached hydrogen (secondary N) is 1. The lowest BCUT2D eigenvalue weighted by molar-refractivity contribution is -0.121. The number of azide groups is 1. The predicted octanol–water partition coefficient (Wildman–Crippen LogP) is -1.34. The van der Waals surface area contributed by atoms with Gasteiger partial charge in [-0.3, -0.25) is 4.79 Å². The van der Waals surface area contributed by atoms with Gasteiger partial charge in [0, 0.05) is 18.4 Å². The molecule has 0 aromatic carbocycles. The first-order valence-electron chi connectivity index (χ1n) is 5.85. The highest BCUT2D eigenvalue weighted by Crippen LogP contribution is 2.10. The molecule has 110 valence electrons. The summed E-state index contributed by atoms with van der Waals surface area (Å²) in [6.45, 7) is 0.677. The standard InChI is InChI=1S/C10H20N4O5/c1-6(16)13-7(8(17)2-3-15)4-9(18)10(19)5-12-14-11/h7-10,15,17-19H,2-5H2,1H3,(H,13,16)/t7-,8?,9-,10+/m0/s1. The quantitative estimate of drug-likeness (QED) is 0.200. The first-order valence-corrected chi connectivity index (χ1v) is 5.85. The summed E-state index contributed by atoms with van der Waals surface area (Å²) in [4.78, 5) is 13.4. The van der Waals surface area contributed by atoms with Crippen LogP contribution >= 0.6 is 0 Å². The highest BCUT2D eigenvalue weighted by Gasteiger charge is 2.26. The van der Waals surface area contributed by atoms with Crippen molar-refractivity contribution in [2.45, 2.75) is 44.1 Å². The fourth-order valence-electron chi connectivity index (χ4n) is 1.57. The molecule has 0 rings (SSSR count). The van der Waals surface area contributed by atoms with Gasteiger partial charge in [0.25, 0.3) is 0 Å². The maximum atomic E-state index is 11.0. The van der Waals surface area contributed by atoms with Crippen molar-refractivity contribution in [3.05, 3.63) is 10.4 Å². The number of rotatable bonds is 9. The maximum absolute atomic E-state index is 11.0. The van der Waals surface area contributed by atoms with Crippen LogP contribution in [0.2, 0.25) is 0 Å². The van der Waals surface area contributed by atoms with Gasteiger partial charge in [0.15, 0.2) is 0 Å². The number of aliphatic hydroxyl groups is 4. The summed E-state index contributed by atoms with van der Waals surface area (Å²) < 4.78 is 0. The second-order valence-corrected chi connectivity index (χ2v) is 4.17. The van der Waals surface area contributed by atoms with E-state index < -0.39 is 30.3 Å². The van der Waals surface area contributed by atoms with Gasteiger partial charge in [-0.25, -0.2) is 0 Å². The highest BCUT2D eigenvalue weighted by atomic mass is 16.3. The van der Waals surface area contributed by atoms with Crippen LogP contribution < -0.4 is 5.32 Å². The molecule has 4 atom stereocenters. The summed E-state index contributed by atoms with van der Waals surface area (Å²) in [5.74, 6) is -0.404. The van der Waals surface area contributed by atoms with Crippen molar-refractivity contribution >= 4 is 5.91 Å². The maximum Gasteiger partial charge on any atom is 0.217 e. The number of carbonyl (C=O) groups is 1. The molecule has 1 amide bonds. The van der Waals surface area contributed by atoms with Gasteiger partial charge in [-0.05, 0) is 18.4 Å². The Morgan fingerprint density at radius 3 is 2.42 bits per heavy atom. The second kappa shape index (κ2) is 9.54. The molecule has 9 nitrogen and oxygen atoms in total. The summed E-state index contributed by atoms with van der Waals surface area (Å²) in [6, 6.07) is -0.805.